The quantitative estimate of drug-likeness (QED) is 0.821. The van der Waals surface area contributed by atoms with Gasteiger partial charge in [0.15, 0.2) is 0 Å². The van der Waals surface area contributed by atoms with Crippen molar-refractivity contribution in [3.05, 3.63) is 20.8 Å². The van der Waals surface area contributed by atoms with E-state index in [2.05, 4.69) is 53.5 Å². The van der Waals surface area contributed by atoms with Gasteiger partial charge in [0.25, 0.3) is 0 Å². The first-order chi connectivity index (χ1) is 6.48. The zero-order chi connectivity index (χ0) is 10.3. The maximum Gasteiger partial charge on any atom is 0.0701 e. The molecule has 0 spiro atoms. The van der Waals surface area contributed by atoms with Crippen molar-refractivity contribution < 1.29 is 0 Å². The van der Waals surface area contributed by atoms with Crippen LogP contribution in [0.25, 0.3) is 0 Å². The molecule has 1 aromatic heterocycles. The standard InChI is InChI=1S/C11H16BrNS/c1-11(2,3)8-5-13-10(8)7-4-9(12)14-6-7/h4,6,8,10,13H,5H2,1-3H3. The van der Waals surface area contributed by atoms with Crippen LogP contribution in [0.5, 0.6) is 0 Å². The molecule has 14 heavy (non-hydrogen) atoms. The van der Waals surface area contributed by atoms with E-state index in [1.165, 1.54) is 9.35 Å². The van der Waals surface area contributed by atoms with Gasteiger partial charge in [0.2, 0.25) is 0 Å². The third-order valence-corrected chi connectivity index (χ3v) is 4.54. The number of hydrogen-bond acceptors (Lipinski definition) is 2. The van der Waals surface area contributed by atoms with E-state index in [0.717, 1.165) is 12.5 Å². The second kappa shape index (κ2) is 3.62. The summed E-state index contributed by atoms with van der Waals surface area (Å²) in [5.74, 6) is 0.768. The second-order valence-corrected chi connectivity index (χ2v) is 7.33. The summed E-state index contributed by atoms with van der Waals surface area (Å²) in [6, 6.07) is 2.80. The highest BCUT2D eigenvalue weighted by Crippen LogP contribution is 2.43. The summed E-state index contributed by atoms with van der Waals surface area (Å²) >= 11 is 5.29. The van der Waals surface area contributed by atoms with E-state index < -0.39 is 0 Å². The van der Waals surface area contributed by atoms with Crippen LogP contribution in [0.15, 0.2) is 15.2 Å². The predicted octanol–water partition coefficient (Wildman–Crippen LogP) is 3.82. The smallest absolute Gasteiger partial charge is 0.0701 e. The van der Waals surface area contributed by atoms with Gasteiger partial charge in [0.1, 0.15) is 0 Å². The summed E-state index contributed by atoms with van der Waals surface area (Å²) in [5.41, 5.74) is 1.85. The Labute approximate surface area is 98.0 Å². The van der Waals surface area contributed by atoms with Crippen LogP contribution in [0.1, 0.15) is 32.4 Å². The van der Waals surface area contributed by atoms with Gasteiger partial charge in [-0.1, -0.05) is 20.8 Å². The van der Waals surface area contributed by atoms with Crippen molar-refractivity contribution >= 4 is 27.3 Å². The number of hydrogen-bond donors (Lipinski definition) is 1. The van der Waals surface area contributed by atoms with E-state index in [9.17, 15) is 0 Å². The van der Waals surface area contributed by atoms with Gasteiger partial charge in [-0.15, -0.1) is 11.3 Å². The first kappa shape index (κ1) is 10.7. The Morgan fingerprint density at radius 1 is 1.50 bits per heavy atom. The Morgan fingerprint density at radius 2 is 2.21 bits per heavy atom. The van der Waals surface area contributed by atoms with E-state index in [0.29, 0.717) is 11.5 Å². The number of thiophene rings is 1. The molecule has 1 nitrogen and oxygen atoms in total. The van der Waals surface area contributed by atoms with E-state index in [-0.39, 0.29) is 0 Å². The van der Waals surface area contributed by atoms with Crippen LogP contribution in [-0.4, -0.2) is 6.54 Å². The van der Waals surface area contributed by atoms with Gasteiger partial charge in [0.05, 0.1) is 3.79 Å². The Kier molecular flexibility index (Phi) is 2.75. The average Bonchev–Trinajstić information content (AvgIpc) is 2.29. The summed E-state index contributed by atoms with van der Waals surface area (Å²) in [6.45, 7) is 8.13. The van der Waals surface area contributed by atoms with Gasteiger partial charge >= 0.3 is 0 Å². The van der Waals surface area contributed by atoms with Crippen LogP contribution in [0, 0.1) is 11.3 Å². The molecular weight excluding hydrogens is 258 g/mol. The van der Waals surface area contributed by atoms with Gasteiger partial charge in [-0.2, -0.15) is 0 Å². The predicted molar refractivity (Wildman–Crippen MR) is 65.7 cm³/mol. The lowest BCUT2D eigenvalue weighted by atomic mass is 9.70. The maximum absolute atomic E-state index is 3.52. The zero-order valence-corrected chi connectivity index (χ0v) is 11.2. The molecule has 2 atom stereocenters. The molecule has 2 rings (SSSR count). The summed E-state index contributed by atoms with van der Waals surface area (Å²) in [7, 11) is 0. The maximum atomic E-state index is 3.52. The monoisotopic (exact) mass is 273 g/mol. The molecule has 1 fully saturated rings. The average molecular weight is 274 g/mol. The molecule has 0 aliphatic carbocycles. The highest BCUT2D eigenvalue weighted by atomic mass is 79.9. The Balaban J connectivity index is 2.14. The van der Waals surface area contributed by atoms with Crippen molar-refractivity contribution in [2.45, 2.75) is 26.8 Å². The number of rotatable bonds is 1. The van der Waals surface area contributed by atoms with Gasteiger partial charge in [-0.3, -0.25) is 0 Å². The SMILES string of the molecule is CC(C)(C)C1CNC1c1csc(Br)c1. The molecule has 1 saturated heterocycles. The number of halogens is 1. The van der Waals surface area contributed by atoms with Crippen LogP contribution >= 0.6 is 27.3 Å². The fourth-order valence-corrected chi connectivity index (χ4v) is 3.21. The molecule has 1 N–H and O–H groups in total. The summed E-state index contributed by atoms with van der Waals surface area (Å²) in [6.07, 6.45) is 0. The largest absolute Gasteiger partial charge is 0.309 e. The van der Waals surface area contributed by atoms with Gasteiger partial charge < -0.3 is 5.32 Å². The highest BCUT2D eigenvalue weighted by Gasteiger charge is 2.39. The van der Waals surface area contributed by atoms with Crippen molar-refractivity contribution in [1.29, 1.82) is 0 Å². The minimum absolute atomic E-state index is 0.407. The summed E-state index contributed by atoms with van der Waals surface area (Å²) in [5, 5.41) is 5.77. The molecule has 0 aromatic carbocycles. The first-order valence-corrected chi connectivity index (χ1v) is 6.63. The Hall–Kier alpha value is 0.140. The van der Waals surface area contributed by atoms with E-state index >= 15 is 0 Å². The normalized spacial score (nSPS) is 27.4. The molecule has 0 saturated carbocycles. The molecule has 1 aliphatic rings. The van der Waals surface area contributed by atoms with Gasteiger partial charge in [-0.25, -0.2) is 0 Å². The van der Waals surface area contributed by atoms with Crippen LogP contribution < -0.4 is 5.32 Å². The van der Waals surface area contributed by atoms with Crippen LogP contribution in [0.4, 0.5) is 0 Å². The molecule has 78 valence electrons. The fraction of sp³-hybridized carbons (Fsp3) is 0.636. The van der Waals surface area contributed by atoms with Gasteiger partial charge in [-0.05, 0) is 44.3 Å². The molecule has 1 aliphatic heterocycles. The fourth-order valence-electron chi connectivity index (χ4n) is 2.00. The van der Waals surface area contributed by atoms with E-state index in [1.54, 1.807) is 11.3 Å². The Bertz CT molecular complexity index is 326. The lowest BCUT2D eigenvalue weighted by Crippen LogP contribution is -2.51. The minimum atomic E-state index is 0.407. The van der Waals surface area contributed by atoms with E-state index in [1.807, 2.05) is 0 Å². The molecule has 3 heteroatoms. The van der Waals surface area contributed by atoms with Crippen molar-refractivity contribution in [2.75, 3.05) is 6.54 Å². The van der Waals surface area contributed by atoms with E-state index in [4.69, 9.17) is 0 Å². The lowest BCUT2D eigenvalue weighted by molar-refractivity contribution is 0.0991. The van der Waals surface area contributed by atoms with Crippen molar-refractivity contribution in [3.8, 4) is 0 Å². The summed E-state index contributed by atoms with van der Waals surface area (Å²) < 4.78 is 1.23. The van der Waals surface area contributed by atoms with Crippen LogP contribution in [-0.2, 0) is 0 Å². The number of nitrogens with one attached hydrogen (secondary N) is 1. The minimum Gasteiger partial charge on any atom is -0.309 e. The van der Waals surface area contributed by atoms with Gasteiger partial charge in [0, 0.05) is 12.6 Å². The second-order valence-electron chi connectivity index (χ2n) is 5.04. The lowest BCUT2D eigenvalue weighted by Gasteiger charge is -2.46. The van der Waals surface area contributed by atoms with Crippen molar-refractivity contribution in [2.24, 2.45) is 11.3 Å². The third-order valence-electron chi connectivity index (χ3n) is 3.02. The Morgan fingerprint density at radius 3 is 2.57 bits per heavy atom. The van der Waals surface area contributed by atoms with Crippen molar-refractivity contribution in [3.63, 3.8) is 0 Å². The third kappa shape index (κ3) is 1.90. The molecule has 2 unspecified atom stereocenters. The molecule has 0 amide bonds. The van der Waals surface area contributed by atoms with Crippen LogP contribution in [0.3, 0.4) is 0 Å². The molecule has 1 aromatic rings. The molecule has 2 heterocycles. The van der Waals surface area contributed by atoms with Crippen molar-refractivity contribution in [1.82, 2.24) is 5.32 Å². The molecular formula is C11H16BrNS. The van der Waals surface area contributed by atoms with Crippen LogP contribution in [0.2, 0.25) is 0 Å². The molecule has 0 bridgehead atoms. The highest BCUT2D eigenvalue weighted by molar-refractivity contribution is 9.11. The summed E-state index contributed by atoms with van der Waals surface area (Å²) in [4.78, 5) is 0. The first-order valence-electron chi connectivity index (χ1n) is 4.96. The zero-order valence-electron chi connectivity index (χ0n) is 8.80. The topological polar surface area (TPSA) is 12.0 Å². The molecule has 0 radical (unpaired) electrons.